The number of likely N-dealkylation sites (N-methyl/N-ethyl adjacent to an activating group) is 1. The predicted octanol–water partition coefficient (Wildman–Crippen LogP) is 1.07. The summed E-state index contributed by atoms with van der Waals surface area (Å²) in [4.78, 5) is 13.5. The van der Waals surface area contributed by atoms with E-state index in [2.05, 4.69) is 5.92 Å². The van der Waals surface area contributed by atoms with Gasteiger partial charge in [0.25, 0.3) is 5.91 Å². The summed E-state index contributed by atoms with van der Waals surface area (Å²) in [5.41, 5.74) is -0.973. The van der Waals surface area contributed by atoms with Crippen LogP contribution in [0, 0.1) is 12.3 Å². The molecule has 0 aromatic heterocycles. The average molecular weight is 211 g/mol. The van der Waals surface area contributed by atoms with E-state index in [1.807, 2.05) is 19.6 Å². The van der Waals surface area contributed by atoms with Gasteiger partial charge in [-0.25, -0.2) is 0 Å². The molecule has 0 N–H and O–H groups in total. The lowest BCUT2D eigenvalue weighted by Crippen LogP contribution is -2.47. The largest absolute Gasteiger partial charge is 0.394 e. The number of amides is 1. The van der Waals surface area contributed by atoms with Crippen LogP contribution >= 0.6 is 0 Å². The van der Waals surface area contributed by atoms with Crippen molar-refractivity contribution in [3.05, 3.63) is 0 Å². The third-order valence-electron chi connectivity index (χ3n) is 2.21. The maximum atomic E-state index is 11.8. The van der Waals surface area contributed by atoms with Crippen LogP contribution in [0.2, 0.25) is 19.6 Å². The molecule has 0 aromatic carbocycles. The number of nitrogens with zero attached hydrogens (tertiary/aromatic N) is 1. The molecule has 0 radical (unpaired) electrons. The van der Waals surface area contributed by atoms with Crippen molar-refractivity contribution >= 4 is 14.2 Å². The van der Waals surface area contributed by atoms with Gasteiger partial charge in [0.2, 0.25) is 0 Å². The van der Waals surface area contributed by atoms with Crippen molar-refractivity contribution in [2.24, 2.45) is 0 Å². The number of carbonyl (C=O) groups excluding carboxylic acids is 1. The van der Waals surface area contributed by atoms with Crippen LogP contribution in [0.25, 0.3) is 0 Å². The number of hydrogen-bond acceptors (Lipinski definition) is 2. The molecule has 0 spiro atoms. The molecule has 3 nitrogen and oxygen atoms in total. The number of carbonyl (C=O) groups is 1. The lowest BCUT2D eigenvalue weighted by Gasteiger charge is -2.29. The highest BCUT2D eigenvalue weighted by Crippen LogP contribution is 2.28. The first-order valence-electron chi connectivity index (χ1n) is 4.74. The third-order valence-corrected chi connectivity index (χ3v) is 3.17. The molecule has 1 saturated heterocycles. The van der Waals surface area contributed by atoms with Crippen molar-refractivity contribution in [2.45, 2.75) is 31.7 Å². The van der Waals surface area contributed by atoms with Gasteiger partial charge in [0.05, 0.1) is 0 Å². The fourth-order valence-corrected chi connectivity index (χ4v) is 2.92. The van der Waals surface area contributed by atoms with E-state index in [1.165, 1.54) is 0 Å². The van der Waals surface area contributed by atoms with Crippen molar-refractivity contribution in [1.29, 1.82) is 0 Å². The summed E-state index contributed by atoms with van der Waals surface area (Å²) in [5, 5.41) is 0. The van der Waals surface area contributed by atoms with E-state index in [0.717, 1.165) is 0 Å². The summed E-state index contributed by atoms with van der Waals surface area (Å²) in [6.45, 7) is 6.81. The first-order valence-corrected chi connectivity index (χ1v) is 8.15. The van der Waals surface area contributed by atoms with Gasteiger partial charge in [-0.1, -0.05) is 5.92 Å². The van der Waals surface area contributed by atoms with Gasteiger partial charge in [0.15, 0.2) is 13.9 Å². The van der Waals surface area contributed by atoms with Crippen molar-refractivity contribution < 1.29 is 9.22 Å². The molecule has 1 fully saturated rings. The molecule has 1 heterocycles. The zero-order valence-corrected chi connectivity index (χ0v) is 10.3. The van der Waals surface area contributed by atoms with Crippen molar-refractivity contribution in [1.82, 2.24) is 4.90 Å². The molecule has 4 heteroatoms. The molecule has 1 rings (SSSR count). The molecular weight excluding hydrogens is 194 g/mol. The summed E-state index contributed by atoms with van der Waals surface area (Å²) >= 11 is 0. The zero-order chi connectivity index (χ0) is 11.0. The minimum atomic E-state index is -1.78. The smallest absolute Gasteiger partial charge is 0.266 e. The topological polar surface area (TPSA) is 29.5 Å². The summed E-state index contributed by atoms with van der Waals surface area (Å²) in [6.07, 6.45) is 6.04. The fraction of sp³-hybridized carbons (Fsp3) is 0.700. The summed E-state index contributed by atoms with van der Waals surface area (Å²) in [7, 11) is -0.0180. The van der Waals surface area contributed by atoms with E-state index in [9.17, 15) is 4.79 Å². The molecule has 0 aliphatic carbocycles. The number of rotatable bonds is 2. The quantitative estimate of drug-likeness (QED) is 0.505. The van der Waals surface area contributed by atoms with E-state index < -0.39 is 13.9 Å². The Morgan fingerprint density at radius 2 is 2.14 bits per heavy atom. The molecule has 1 atom stereocenters. The van der Waals surface area contributed by atoms with Gasteiger partial charge in [-0.05, 0) is 19.6 Å². The lowest BCUT2D eigenvalue weighted by molar-refractivity contribution is -0.136. The Hall–Kier alpha value is -0.793. The van der Waals surface area contributed by atoms with Gasteiger partial charge < -0.3 is 9.33 Å². The van der Waals surface area contributed by atoms with Crippen LogP contribution in [0.15, 0.2) is 0 Å². The molecule has 1 unspecified atom stereocenters. The van der Waals surface area contributed by atoms with Crippen LogP contribution < -0.4 is 0 Å². The molecule has 0 saturated carbocycles. The zero-order valence-electron chi connectivity index (χ0n) is 9.26. The van der Waals surface area contributed by atoms with E-state index in [4.69, 9.17) is 10.8 Å². The molecule has 78 valence electrons. The maximum absolute atomic E-state index is 11.8. The van der Waals surface area contributed by atoms with Gasteiger partial charge in [-0.3, -0.25) is 4.79 Å². The molecule has 14 heavy (non-hydrogen) atoms. The summed E-state index contributed by atoms with van der Waals surface area (Å²) in [6, 6.07) is 0. The van der Waals surface area contributed by atoms with Gasteiger partial charge in [-0.2, -0.15) is 0 Å². The number of likely N-dealkylation sites (tertiary alicyclic amines) is 1. The molecule has 1 aliphatic heterocycles. The Kier molecular flexibility index (Phi) is 2.75. The standard InChI is InChI=1S/C10H17NO2Si/c1-6-10(13-14(3,4)5)7-8-11(2)9(10)12/h1H,7-8H2,2-5H3. The first kappa shape index (κ1) is 11.3. The third kappa shape index (κ3) is 1.99. The molecule has 0 bridgehead atoms. The molecule has 1 amide bonds. The highest BCUT2D eigenvalue weighted by molar-refractivity contribution is 6.70. The number of hydrogen-bond donors (Lipinski definition) is 0. The highest BCUT2D eigenvalue weighted by Gasteiger charge is 2.47. The van der Waals surface area contributed by atoms with E-state index in [0.29, 0.717) is 13.0 Å². The Labute approximate surface area is 86.6 Å². The van der Waals surface area contributed by atoms with Gasteiger partial charge in [0.1, 0.15) is 0 Å². The second-order valence-electron chi connectivity index (χ2n) is 4.66. The van der Waals surface area contributed by atoms with Crippen molar-refractivity contribution in [3.63, 3.8) is 0 Å². The Balaban J connectivity index is 2.90. The maximum Gasteiger partial charge on any atom is 0.266 e. The van der Waals surface area contributed by atoms with E-state index in [-0.39, 0.29) is 5.91 Å². The van der Waals surface area contributed by atoms with Crippen LogP contribution in [0.4, 0.5) is 0 Å². The summed E-state index contributed by atoms with van der Waals surface area (Å²) in [5.74, 6) is 2.47. The minimum Gasteiger partial charge on any atom is -0.394 e. The first-order chi connectivity index (χ1) is 6.31. The van der Waals surface area contributed by atoms with Crippen LogP contribution in [-0.2, 0) is 9.22 Å². The minimum absolute atomic E-state index is 0.0672. The monoisotopic (exact) mass is 211 g/mol. The average Bonchev–Trinajstić information content (AvgIpc) is 2.31. The SMILES string of the molecule is C#CC1(O[Si](C)(C)C)CCN(C)C1=O. The molecule has 0 aromatic rings. The Morgan fingerprint density at radius 3 is 2.43 bits per heavy atom. The Morgan fingerprint density at radius 1 is 1.57 bits per heavy atom. The van der Waals surface area contributed by atoms with Crippen LogP contribution in [0.3, 0.4) is 0 Å². The molecular formula is C10H17NO2Si. The van der Waals surface area contributed by atoms with Crippen molar-refractivity contribution in [3.8, 4) is 12.3 Å². The normalized spacial score (nSPS) is 27.9. The van der Waals surface area contributed by atoms with E-state index in [1.54, 1.807) is 11.9 Å². The van der Waals surface area contributed by atoms with Crippen LogP contribution in [0.1, 0.15) is 6.42 Å². The predicted molar refractivity (Wildman–Crippen MR) is 58.2 cm³/mol. The lowest BCUT2D eigenvalue weighted by atomic mass is 10.0. The second-order valence-corrected chi connectivity index (χ2v) is 9.09. The van der Waals surface area contributed by atoms with Crippen molar-refractivity contribution in [2.75, 3.05) is 13.6 Å². The van der Waals surface area contributed by atoms with Crippen LogP contribution in [0.5, 0.6) is 0 Å². The van der Waals surface area contributed by atoms with Gasteiger partial charge >= 0.3 is 0 Å². The fourth-order valence-electron chi connectivity index (χ4n) is 1.62. The van der Waals surface area contributed by atoms with Gasteiger partial charge in [0, 0.05) is 20.0 Å². The summed E-state index contributed by atoms with van der Waals surface area (Å²) < 4.78 is 5.83. The molecule has 1 aliphatic rings. The van der Waals surface area contributed by atoms with Gasteiger partial charge in [-0.15, -0.1) is 6.42 Å². The van der Waals surface area contributed by atoms with Crippen LogP contribution in [-0.4, -0.2) is 38.3 Å². The number of terminal acetylenes is 1. The van der Waals surface area contributed by atoms with E-state index >= 15 is 0 Å². The highest BCUT2D eigenvalue weighted by atomic mass is 28.4. The Bertz CT molecular complexity index is 289. The second kappa shape index (κ2) is 3.41.